The zero-order chi connectivity index (χ0) is 10.8. The highest BCUT2D eigenvalue weighted by Gasteiger charge is 2.34. The van der Waals surface area contributed by atoms with Crippen molar-refractivity contribution in [1.82, 2.24) is 0 Å². The van der Waals surface area contributed by atoms with Gasteiger partial charge in [-0.05, 0) is 6.07 Å². The van der Waals surface area contributed by atoms with Crippen LogP contribution in [-0.4, -0.2) is 11.4 Å². The predicted octanol–water partition coefficient (Wildman–Crippen LogP) is 2.65. The molecule has 0 aliphatic rings. The number of oxime groups is 1. The summed E-state index contributed by atoms with van der Waals surface area (Å²) in [6, 6.07) is 2.72. The van der Waals surface area contributed by atoms with Gasteiger partial charge in [0.1, 0.15) is 5.82 Å². The van der Waals surface area contributed by atoms with Crippen molar-refractivity contribution in [3.63, 3.8) is 0 Å². The zero-order valence-corrected chi connectivity index (χ0v) is 6.72. The van der Waals surface area contributed by atoms with Crippen molar-refractivity contribution in [1.29, 1.82) is 0 Å². The number of hydrogen-bond acceptors (Lipinski definition) is 2. The van der Waals surface area contributed by atoms with E-state index in [4.69, 9.17) is 5.21 Å². The topological polar surface area (TPSA) is 32.6 Å². The molecule has 0 saturated carbocycles. The Morgan fingerprint density at radius 2 is 1.93 bits per heavy atom. The van der Waals surface area contributed by atoms with E-state index in [1.54, 1.807) is 0 Å². The van der Waals surface area contributed by atoms with Gasteiger partial charge in [0.2, 0.25) is 0 Å². The first-order chi connectivity index (χ1) is 6.46. The number of rotatable bonds is 1. The van der Waals surface area contributed by atoms with E-state index in [0.29, 0.717) is 12.3 Å². The van der Waals surface area contributed by atoms with Crippen LogP contribution in [0.15, 0.2) is 23.4 Å². The summed E-state index contributed by atoms with van der Waals surface area (Å²) in [6.07, 6.45) is -4.14. The summed E-state index contributed by atoms with van der Waals surface area (Å²) in [6.45, 7) is 0. The van der Waals surface area contributed by atoms with Crippen molar-refractivity contribution in [2.45, 2.75) is 6.18 Å². The summed E-state index contributed by atoms with van der Waals surface area (Å²) in [7, 11) is 0. The first-order valence-corrected chi connectivity index (χ1v) is 3.50. The smallest absolute Gasteiger partial charge is 0.411 e. The van der Waals surface area contributed by atoms with Gasteiger partial charge < -0.3 is 5.21 Å². The van der Waals surface area contributed by atoms with Crippen LogP contribution in [0.1, 0.15) is 11.1 Å². The molecular weight excluding hydrogens is 202 g/mol. The van der Waals surface area contributed by atoms with Crippen molar-refractivity contribution < 1.29 is 22.8 Å². The highest BCUT2D eigenvalue weighted by molar-refractivity contribution is 5.79. The largest absolute Gasteiger partial charge is 0.419 e. The lowest BCUT2D eigenvalue weighted by molar-refractivity contribution is -0.140. The summed E-state index contributed by atoms with van der Waals surface area (Å²) in [5, 5.41) is 10.5. The minimum Gasteiger partial charge on any atom is -0.411 e. The average molecular weight is 207 g/mol. The van der Waals surface area contributed by atoms with Gasteiger partial charge in [0.05, 0.1) is 11.8 Å². The second kappa shape index (κ2) is 3.65. The molecule has 0 saturated heterocycles. The fourth-order valence-electron chi connectivity index (χ4n) is 0.931. The number of benzene rings is 1. The Hall–Kier alpha value is -1.59. The molecule has 0 amide bonds. The van der Waals surface area contributed by atoms with Crippen LogP contribution in [-0.2, 0) is 6.18 Å². The summed E-state index contributed by atoms with van der Waals surface area (Å²) in [5.41, 5.74) is -1.79. The summed E-state index contributed by atoms with van der Waals surface area (Å²) >= 11 is 0. The van der Waals surface area contributed by atoms with Gasteiger partial charge in [0.15, 0.2) is 0 Å². The lowest BCUT2D eigenvalue weighted by atomic mass is 10.1. The van der Waals surface area contributed by atoms with E-state index in [0.717, 1.165) is 12.1 Å². The highest BCUT2D eigenvalue weighted by Crippen LogP contribution is 2.31. The lowest BCUT2D eigenvalue weighted by Crippen LogP contribution is -2.09. The Morgan fingerprint density at radius 3 is 2.43 bits per heavy atom. The average Bonchev–Trinajstić information content (AvgIpc) is 2.07. The first kappa shape index (κ1) is 10.5. The molecule has 14 heavy (non-hydrogen) atoms. The third-order valence-electron chi connectivity index (χ3n) is 1.53. The fraction of sp³-hybridized carbons (Fsp3) is 0.125. The SMILES string of the molecule is ON=Cc1cccc(C(F)(F)F)c1F. The van der Waals surface area contributed by atoms with Crippen molar-refractivity contribution in [2.24, 2.45) is 5.16 Å². The maximum atomic E-state index is 13.0. The van der Waals surface area contributed by atoms with E-state index in [2.05, 4.69) is 5.16 Å². The molecule has 0 aliphatic heterocycles. The minimum absolute atomic E-state index is 0.415. The van der Waals surface area contributed by atoms with Crippen LogP contribution < -0.4 is 0 Å². The Morgan fingerprint density at radius 1 is 1.29 bits per heavy atom. The van der Waals surface area contributed by atoms with Crippen LogP contribution in [0.25, 0.3) is 0 Å². The lowest BCUT2D eigenvalue weighted by Gasteiger charge is -2.08. The summed E-state index contributed by atoms with van der Waals surface area (Å²) in [5.74, 6) is -1.45. The first-order valence-electron chi connectivity index (χ1n) is 3.50. The number of halogens is 4. The third-order valence-corrected chi connectivity index (χ3v) is 1.53. The molecule has 0 aromatic heterocycles. The van der Waals surface area contributed by atoms with Crippen LogP contribution in [0, 0.1) is 5.82 Å². The van der Waals surface area contributed by atoms with Crippen LogP contribution in [0.2, 0.25) is 0 Å². The summed E-state index contributed by atoms with van der Waals surface area (Å²) < 4.78 is 49.4. The van der Waals surface area contributed by atoms with E-state index in [9.17, 15) is 17.6 Å². The Bertz CT molecular complexity index is 359. The molecule has 1 aromatic carbocycles. The maximum Gasteiger partial charge on any atom is 0.419 e. The van der Waals surface area contributed by atoms with Gasteiger partial charge in [-0.15, -0.1) is 0 Å². The predicted molar refractivity (Wildman–Crippen MR) is 40.8 cm³/mol. The fourth-order valence-corrected chi connectivity index (χ4v) is 0.931. The minimum atomic E-state index is -4.75. The molecule has 0 spiro atoms. The van der Waals surface area contributed by atoms with Crippen LogP contribution in [0.4, 0.5) is 17.6 Å². The van der Waals surface area contributed by atoms with E-state index in [1.807, 2.05) is 0 Å². The number of nitrogens with zero attached hydrogens (tertiary/aromatic N) is 1. The molecule has 6 heteroatoms. The van der Waals surface area contributed by atoms with Crippen molar-refractivity contribution >= 4 is 6.21 Å². The third kappa shape index (κ3) is 2.01. The van der Waals surface area contributed by atoms with Crippen LogP contribution >= 0.6 is 0 Å². The molecule has 0 fully saturated rings. The van der Waals surface area contributed by atoms with Gasteiger partial charge in [-0.25, -0.2) is 4.39 Å². The monoisotopic (exact) mass is 207 g/mol. The molecule has 0 heterocycles. The van der Waals surface area contributed by atoms with Gasteiger partial charge in [-0.3, -0.25) is 0 Å². The maximum absolute atomic E-state index is 13.0. The van der Waals surface area contributed by atoms with Crippen molar-refractivity contribution in [3.05, 3.63) is 35.1 Å². The second-order valence-electron chi connectivity index (χ2n) is 2.45. The molecule has 0 aliphatic carbocycles. The molecule has 2 nitrogen and oxygen atoms in total. The standard InChI is InChI=1S/C8H5F4NO/c9-7-5(4-13-14)2-1-3-6(7)8(10,11)12/h1-4,14H. The van der Waals surface area contributed by atoms with E-state index in [-0.39, 0.29) is 0 Å². The van der Waals surface area contributed by atoms with Gasteiger partial charge in [-0.2, -0.15) is 13.2 Å². The van der Waals surface area contributed by atoms with E-state index in [1.165, 1.54) is 0 Å². The molecule has 0 radical (unpaired) electrons. The quantitative estimate of drug-likeness (QED) is 0.326. The Kier molecular flexibility index (Phi) is 2.73. The molecule has 0 unspecified atom stereocenters. The van der Waals surface area contributed by atoms with E-state index < -0.39 is 23.1 Å². The molecular formula is C8H5F4NO. The van der Waals surface area contributed by atoms with Gasteiger partial charge >= 0.3 is 6.18 Å². The highest BCUT2D eigenvalue weighted by atomic mass is 19.4. The molecule has 1 N–H and O–H groups in total. The zero-order valence-electron chi connectivity index (χ0n) is 6.72. The Balaban J connectivity index is 3.28. The van der Waals surface area contributed by atoms with Crippen molar-refractivity contribution in [2.75, 3.05) is 0 Å². The number of alkyl halides is 3. The molecule has 76 valence electrons. The van der Waals surface area contributed by atoms with Gasteiger partial charge in [-0.1, -0.05) is 17.3 Å². The van der Waals surface area contributed by atoms with Crippen LogP contribution in [0.3, 0.4) is 0 Å². The number of hydrogen-bond donors (Lipinski definition) is 1. The molecule has 0 bridgehead atoms. The molecule has 1 aromatic rings. The van der Waals surface area contributed by atoms with E-state index >= 15 is 0 Å². The van der Waals surface area contributed by atoms with Gasteiger partial charge in [0, 0.05) is 5.56 Å². The molecule has 0 atom stereocenters. The normalized spacial score (nSPS) is 12.3. The summed E-state index contributed by atoms with van der Waals surface area (Å²) in [4.78, 5) is 0. The van der Waals surface area contributed by atoms with Gasteiger partial charge in [0.25, 0.3) is 0 Å². The second-order valence-corrected chi connectivity index (χ2v) is 2.45. The van der Waals surface area contributed by atoms with Crippen LogP contribution in [0.5, 0.6) is 0 Å². The van der Waals surface area contributed by atoms with Crippen molar-refractivity contribution in [3.8, 4) is 0 Å². The molecule has 1 rings (SSSR count). The Labute approximate surface area is 76.5 Å².